The largest absolute Gasteiger partial charge is 0.0795 e. The predicted octanol–water partition coefficient (Wildman–Crippen LogP) is 5.14. The number of allylic oxidation sites excluding steroid dienone is 1. The van der Waals surface area contributed by atoms with Crippen molar-refractivity contribution < 1.29 is 0 Å². The summed E-state index contributed by atoms with van der Waals surface area (Å²) in [6.07, 6.45) is 12.2. The number of halogens is 1. The summed E-state index contributed by atoms with van der Waals surface area (Å²) in [7, 11) is 0. The second-order valence-electron chi connectivity index (χ2n) is 4.56. The zero-order valence-electron chi connectivity index (χ0n) is 9.93. The van der Waals surface area contributed by atoms with E-state index in [1.54, 1.807) is 0 Å². The number of aryl methyl sites for hydroxylation is 1. The smallest absolute Gasteiger partial charge is 0.0219 e. The van der Waals surface area contributed by atoms with Crippen LogP contribution in [0.5, 0.6) is 0 Å². The summed E-state index contributed by atoms with van der Waals surface area (Å²) >= 11 is 3.68. The van der Waals surface area contributed by atoms with E-state index in [0.29, 0.717) is 0 Å². The van der Waals surface area contributed by atoms with E-state index in [-0.39, 0.29) is 0 Å². The van der Waals surface area contributed by atoms with Crippen molar-refractivity contribution in [2.75, 3.05) is 0 Å². The van der Waals surface area contributed by atoms with E-state index in [0.717, 1.165) is 6.42 Å². The average molecular weight is 279 g/mol. The zero-order chi connectivity index (χ0) is 11.4. The fourth-order valence-electron chi connectivity index (χ4n) is 2.28. The number of rotatable bonds is 5. The first kappa shape index (κ1) is 11.9. The summed E-state index contributed by atoms with van der Waals surface area (Å²) in [4.78, 5) is 0. The lowest BCUT2D eigenvalue weighted by Gasteiger charge is -2.07. The molecule has 1 aromatic carbocycles. The van der Waals surface area contributed by atoms with Gasteiger partial charge in [0.2, 0.25) is 0 Å². The molecule has 0 N–H and O–H groups in total. The van der Waals surface area contributed by atoms with E-state index in [1.165, 1.54) is 53.3 Å². The van der Waals surface area contributed by atoms with Gasteiger partial charge in [0.05, 0.1) is 0 Å². The maximum atomic E-state index is 3.68. The minimum atomic E-state index is 1.09. The molecule has 0 aromatic heterocycles. The highest BCUT2D eigenvalue weighted by molar-refractivity contribution is 9.10. The fraction of sp³-hybridized carbons (Fsp3) is 0.467. The van der Waals surface area contributed by atoms with Gasteiger partial charge in [-0.2, -0.15) is 0 Å². The summed E-state index contributed by atoms with van der Waals surface area (Å²) < 4.78 is 1.29. The van der Waals surface area contributed by atoms with E-state index in [2.05, 4.69) is 47.1 Å². The summed E-state index contributed by atoms with van der Waals surface area (Å²) in [5, 5.41) is 0. The van der Waals surface area contributed by atoms with Crippen molar-refractivity contribution in [1.29, 1.82) is 0 Å². The minimum Gasteiger partial charge on any atom is -0.0795 e. The second-order valence-corrected chi connectivity index (χ2v) is 5.42. The molecule has 1 aliphatic carbocycles. The fourth-order valence-corrected chi connectivity index (χ4v) is 2.97. The van der Waals surface area contributed by atoms with Gasteiger partial charge in [-0.1, -0.05) is 60.3 Å². The van der Waals surface area contributed by atoms with Gasteiger partial charge in [-0.25, -0.2) is 0 Å². The SMILES string of the molecule is CCCCCCc1cc(Br)c2c(c1)C=CC2. The van der Waals surface area contributed by atoms with Crippen LogP contribution in [-0.2, 0) is 12.8 Å². The lowest BCUT2D eigenvalue weighted by atomic mass is 10.0. The minimum absolute atomic E-state index is 1.09. The molecule has 0 atom stereocenters. The predicted molar refractivity (Wildman–Crippen MR) is 74.7 cm³/mol. The van der Waals surface area contributed by atoms with Crippen LogP contribution in [0.3, 0.4) is 0 Å². The summed E-state index contributed by atoms with van der Waals surface area (Å²) in [6, 6.07) is 4.66. The molecule has 0 unspecified atom stereocenters. The van der Waals surface area contributed by atoms with Crippen molar-refractivity contribution >= 4 is 22.0 Å². The molecule has 0 bridgehead atoms. The van der Waals surface area contributed by atoms with Gasteiger partial charge in [0.1, 0.15) is 0 Å². The molecule has 0 heterocycles. The number of fused-ring (bicyclic) bond motifs is 1. The Balaban J connectivity index is 2.00. The standard InChI is InChI=1S/C15H19Br/c1-2-3-4-5-7-12-10-13-8-6-9-14(13)15(16)11-12/h6,8,10-11H,2-5,7,9H2,1H3. The number of hydrogen-bond acceptors (Lipinski definition) is 0. The molecule has 0 aliphatic heterocycles. The highest BCUT2D eigenvalue weighted by Gasteiger charge is 2.10. The van der Waals surface area contributed by atoms with Crippen LogP contribution in [0.4, 0.5) is 0 Å². The van der Waals surface area contributed by atoms with Gasteiger partial charge in [0, 0.05) is 4.47 Å². The van der Waals surface area contributed by atoms with Crippen LogP contribution in [0.25, 0.3) is 6.08 Å². The monoisotopic (exact) mass is 278 g/mol. The van der Waals surface area contributed by atoms with Crippen LogP contribution in [0, 0.1) is 0 Å². The van der Waals surface area contributed by atoms with Gasteiger partial charge in [0.25, 0.3) is 0 Å². The summed E-state index contributed by atoms with van der Waals surface area (Å²) in [5.41, 5.74) is 4.35. The molecule has 0 amide bonds. The molecule has 0 saturated carbocycles. The Hall–Kier alpha value is -0.560. The lowest BCUT2D eigenvalue weighted by molar-refractivity contribution is 0.666. The van der Waals surface area contributed by atoms with Gasteiger partial charge < -0.3 is 0 Å². The number of unbranched alkanes of at least 4 members (excludes halogenated alkanes) is 3. The quantitative estimate of drug-likeness (QED) is 0.654. The number of hydrogen-bond donors (Lipinski definition) is 0. The van der Waals surface area contributed by atoms with E-state index in [1.807, 2.05) is 0 Å². The highest BCUT2D eigenvalue weighted by atomic mass is 79.9. The zero-order valence-corrected chi connectivity index (χ0v) is 11.5. The molecule has 0 fully saturated rings. The van der Waals surface area contributed by atoms with Gasteiger partial charge in [0.15, 0.2) is 0 Å². The van der Waals surface area contributed by atoms with Crippen LogP contribution >= 0.6 is 15.9 Å². The first-order chi connectivity index (χ1) is 7.81. The highest BCUT2D eigenvalue weighted by Crippen LogP contribution is 2.29. The van der Waals surface area contributed by atoms with E-state index >= 15 is 0 Å². The molecule has 0 nitrogen and oxygen atoms in total. The van der Waals surface area contributed by atoms with Crippen molar-refractivity contribution in [3.8, 4) is 0 Å². The normalized spacial score (nSPS) is 13.1. The Labute approximate surface area is 107 Å². The van der Waals surface area contributed by atoms with Crippen molar-refractivity contribution in [1.82, 2.24) is 0 Å². The average Bonchev–Trinajstić information content (AvgIpc) is 2.73. The molecule has 0 saturated heterocycles. The van der Waals surface area contributed by atoms with Crippen molar-refractivity contribution in [3.05, 3.63) is 39.4 Å². The first-order valence-corrected chi connectivity index (χ1v) is 7.08. The molecular formula is C15H19Br. The lowest BCUT2D eigenvalue weighted by Crippen LogP contribution is -1.91. The Morgan fingerprint density at radius 2 is 2.06 bits per heavy atom. The Kier molecular flexibility index (Phi) is 4.22. The van der Waals surface area contributed by atoms with Crippen LogP contribution in [0.1, 0.15) is 49.3 Å². The second kappa shape index (κ2) is 5.67. The third-order valence-electron chi connectivity index (χ3n) is 3.23. The van der Waals surface area contributed by atoms with Crippen LogP contribution in [-0.4, -0.2) is 0 Å². The molecule has 2 rings (SSSR count). The van der Waals surface area contributed by atoms with E-state index in [4.69, 9.17) is 0 Å². The summed E-state index contributed by atoms with van der Waals surface area (Å²) in [6.45, 7) is 2.26. The first-order valence-electron chi connectivity index (χ1n) is 6.29. The van der Waals surface area contributed by atoms with Crippen molar-refractivity contribution in [2.45, 2.75) is 45.4 Å². The van der Waals surface area contributed by atoms with Crippen LogP contribution in [0.2, 0.25) is 0 Å². The molecule has 0 radical (unpaired) electrons. The number of benzene rings is 1. The van der Waals surface area contributed by atoms with Crippen LogP contribution < -0.4 is 0 Å². The Bertz CT molecular complexity index is 391. The molecule has 16 heavy (non-hydrogen) atoms. The third-order valence-corrected chi connectivity index (χ3v) is 3.94. The molecule has 1 heteroatoms. The van der Waals surface area contributed by atoms with Gasteiger partial charge in [-0.15, -0.1) is 0 Å². The topological polar surface area (TPSA) is 0 Å². The van der Waals surface area contributed by atoms with Crippen molar-refractivity contribution in [3.63, 3.8) is 0 Å². The maximum Gasteiger partial charge on any atom is 0.0219 e. The molecular weight excluding hydrogens is 260 g/mol. The molecule has 0 spiro atoms. The summed E-state index contributed by atoms with van der Waals surface area (Å²) in [5.74, 6) is 0. The van der Waals surface area contributed by atoms with E-state index < -0.39 is 0 Å². The van der Waals surface area contributed by atoms with Gasteiger partial charge in [-0.3, -0.25) is 0 Å². The Morgan fingerprint density at radius 3 is 2.88 bits per heavy atom. The third kappa shape index (κ3) is 2.76. The molecule has 1 aliphatic rings. The van der Waals surface area contributed by atoms with E-state index in [9.17, 15) is 0 Å². The maximum absolute atomic E-state index is 3.68. The van der Waals surface area contributed by atoms with Gasteiger partial charge >= 0.3 is 0 Å². The molecule has 86 valence electrons. The van der Waals surface area contributed by atoms with Gasteiger partial charge in [-0.05, 0) is 42.0 Å². The Morgan fingerprint density at radius 1 is 1.19 bits per heavy atom. The van der Waals surface area contributed by atoms with Crippen LogP contribution in [0.15, 0.2) is 22.7 Å². The van der Waals surface area contributed by atoms with Crippen molar-refractivity contribution in [2.24, 2.45) is 0 Å². The molecule has 1 aromatic rings.